The van der Waals surface area contributed by atoms with Gasteiger partial charge in [-0.25, -0.2) is 0 Å². The maximum atomic E-state index is 13.2. The highest BCUT2D eigenvalue weighted by Crippen LogP contribution is 2.37. The third-order valence-electron chi connectivity index (χ3n) is 5.29. The number of nitrogens with zero attached hydrogens (tertiary/aromatic N) is 1. The summed E-state index contributed by atoms with van der Waals surface area (Å²) < 4.78 is 39.7. The molecule has 0 bridgehead atoms. The molecular weight excluding hydrogens is 415 g/mol. The van der Waals surface area contributed by atoms with Gasteiger partial charge in [0.25, 0.3) is 5.91 Å². The summed E-state index contributed by atoms with van der Waals surface area (Å²) in [6.45, 7) is 1.48. The van der Waals surface area contributed by atoms with Gasteiger partial charge >= 0.3 is 6.18 Å². The first-order valence-corrected chi connectivity index (χ1v) is 10.8. The molecule has 160 valence electrons. The van der Waals surface area contributed by atoms with Crippen LogP contribution in [0.25, 0.3) is 0 Å². The summed E-state index contributed by atoms with van der Waals surface area (Å²) >= 11 is 1.11. The topological polar surface area (TPSA) is 61.4 Å². The Labute approximate surface area is 176 Å². The maximum Gasteiger partial charge on any atom is 0.416 e. The molecule has 1 aromatic carbocycles. The van der Waals surface area contributed by atoms with E-state index in [0.717, 1.165) is 68.7 Å². The Balaban J connectivity index is 1.54. The third kappa shape index (κ3) is 4.77. The van der Waals surface area contributed by atoms with Gasteiger partial charge < -0.3 is 15.5 Å². The second-order valence-electron chi connectivity index (χ2n) is 7.66. The van der Waals surface area contributed by atoms with Crippen LogP contribution in [0.1, 0.15) is 47.3 Å². The zero-order valence-corrected chi connectivity index (χ0v) is 17.0. The molecule has 0 radical (unpaired) electrons. The Hall–Kier alpha value is -2.55. The zero-order valence-electron chi connectivity index (χ0n) is 16.2. The van der Waals surface area contributed by atoms with Crippen LogP contribution in [0.3, 0.4) is 0 Å². The smallest absolute Gasteiger partial charge is 0.370 e. The molecule has 1 aromatic heterocycles. The molecule has 2 heterocycles. The minimum absolute atomic E-state index is 0.0431. The Morgan fingerprint density at radius 3 is 2.40 bits per heavy atom. The van der Waals surface area contributed by atoms with E-state index in [4.69, 9.17) is 0 Å². The molecule has 4 rings (SSSR count). The minimum Gasteiger partial charge on any atom is -0.370 e. The molecule has 2 aromatic rings. The van der Waals surface area contributed by atoms with Crippen LogP contribution in [0.5, 0.6) is 0 Å². The summed E-state index contributed by atoms with van der Waals surface area (Å²) in [6.07, 6.45) is 0.262. The van der Waals surface area contributed by atoms with E-state index < -0.39 is 17.6 Å². The van der Waals surface area contributed by atoms with E-state index in [0.29, 0.717) is 15.6 Å². The molecule has 0 spiro atoms. The van der Waals surface area contributed by atoms with Gasteiger partial charge in [0.15, 0.2) is 0 Å². The molecule has 5 nitrogen and oxygen atoms in total. The molecular formula is C21H22F3N3O2S. The second kappa shape index (κ2) is 8.29. The van der Waals surface area contributed by atoms with Crippen LogP contribution < -0.4 is 15.5 Å². The SMILES string of the molecule is O=C(Nc1cc(C(F)(F)F)ccc1N1CCCCC1)c1ccc(NC(=O)C2CC2)s1. The second-order valence-corrected chi connectivity index (χ2v) is 8.74. The Morgan fingerprint density at radius 2 is 1.73 bits per heavy atom. The van der Waals surface area contributed by atoms with Gasteiger partial charge in [0.05, 0.1) is 26.8 Å². The summed E-state index contributed by atoms with van der Waals surface area (Å²) in [4.78, 5) is 27.0. The lowest BCUT2D eigenvalue weighted by Crippen LogP contribution is -2.30. The summed E-state index contributed by atoms with van der Waals surface area (Å²) in [5, 5.41) is 5.99. The number of benzene rings is 1. The summed E-state index contributed by atoms with van der Waals surface area (Å²) in [6, 6.07) is 6.68. The van der Waals surface area contributed by atoms with Crippen molar-refractivity contribution >= 4 is 39.5 Å². The predicted octanol–water partition coefficient (Wildman–Crippen LogP) is 5.36. The van der Waals surface area contributed by atoms with Crippen LogP contribution in [0.15, 0.2) is 30.3 Å². The molecule has 1 aliphatic carbocycles. The lowest BCUT2D eigenvalue weighted by atomic mass is 10.1. The fraction of sp³-hybridized carbons (Fsp3) is 0.429. The number of carbonyl (C=O) groups excluding carboxylic acids is 2. The monoisotopic (exact) mass is 437 g/mol. The van der Waals surface area contributed by atoms with E-state index in [-0.39, 0.29) is 17.5 Å². The van der Waals surface area contributed by atoms with E-state index in [1.807, 2.05) is 4.90 Å². The van der Waals surface area contributed by atoms with Crippen molar-refractivity contribution in [2.75, 3.05) is 28.6 Å². The molecule has 2 amide bonds. The van der Waals surface area contributed by atoms with Crippen molar-refractivity contribution in [3.05, 3.63) is 40.8 Å². The average molecular weight is 437 g/mol. The van der Waals surface area contributed by atoms with E-state index in [9.17, 15) is 22.8 Å². The van der Waals surface area contributed by atoms with E-state index in [2.05, 4.69) is 10.6 Å². The number of hydrogen-bond donors (Lipinski definition) is 2. The van der Waals surface area contributed by atoms with Gasteiger partial charge in [-0.1, -0.05) is 0 Å². The number of amides is 2. The molecule has 0 atom stereocenters. The van der Waals surface area contributed by atoms with Gasteiger partial charge in [-0.05, 0) is 62.4 Å². The van der Waals surface area contributed by atoms with Gasteiger partial charge in [0.2, 0.25) is 5.91 Å². The van der Waals surface area contributed by atoms with Gasteiger partial charge in [-0.15, -0.1) is 11.3 Å². The summed E-state index contributed by atoms with van der Waals surface area (Å²) in [5.41, 5.74) is -0.0642. The van der Waals surface area contributed by atoms with Crippen molar-refractivity contribution in [3.8, 4) is 0 Å². The zero-order chi connectivity index (χ0) is 21.3. The van der Waals surface area contributed by atoms with Crippen molar-refractivity contribution < 1.29 is 22.8 Å². The number of anilines is 3. The molecule has 2 fully saturated rings. The molecule has 2 aliphatic rings. The average Bonchev–Trinajstić information content (AvgIpc) is 3.47. The number of carbonyl (C=O) groups is 2. The summed E-state index contributed by atoms with van der Waals surface area (Å²) in [7, 11) is 0. The number of piperidine rings is 1. The van der Waals surface area contributed by atoms with E-state index in [1.165, 1.54) is 6.07 Å². The highest BCUT2D eigenvalue weighted by molar-refractivity contribution is 7.18. The Morgan fingerprint density at radius 1 is 1.00 bits per heavy atom. The number of thiophene rings is 1. The molecule has 30 heavy (non-hydrogen) atoms. The van der Waals surface area contributed by atoms with E-state index in [1.54, 1.807) is 12.1 Å². The van der Waals surface area contributed by atoms with Crippen LogP contribution in [0, 0.1) is 5.92 Å². The molecule has 1 saturated carbocycles. The number of nitrogens with one attached hydrogen (secondary N) is 2. The van der Waals surface area contributed by atoms with E-state index >= 15 is 0 Å². The van der Waals surface area contributed by atoms with Crippen LogP contribution in [0.4, 0.5) is 29.5 Å². The first-order valence-electron chi connectivity index (χ1n) is 9.99. The quantitative estimate of drug-likeness (QED) is 0.662. The lowest BCUT2D eigenvalue weighted by Gasteiger charge is -2.31. The molecule has 2 N–H and O–H groups in total. The molecule has 9 heteroatoms. The molecule has 0 unspecified atom stereocenters. The van der Waals surface area contributed by atoms with Crippen molar-refractivity contribution in [3.63, 3.8) is 0 Å². The van der Waals surface area contributed by atoms with Crippen molar-refractivity contribution in [1.82, 2.24) is 0 Å². The fourth-order valence-corrected chi connectivity index (χ4v) is 4.31. The lowest BCUT2D eigenvalue weighted by molar-refractivity contribution is -0.137. The molecule has 1 saturated heterocycles. The summed E-state index contributed by atoms with van der Waals surface area (Å²) in [5.74, 6) is -0.514. The third-order valence-corrected chi connectivity index (χ3v) is 6.29. The van der Waals surface area contributed by atoms with Gasteiger partial charge in [-0.2, -0.15) is 13.2 Å². The number of halogens is 3. The fourth-order valence-electron chi connectivity index (χ4n) is 3.50. The number of alkyl halides is 3. The van der Waals surface area contributed by atoms with Crippen molar-refractivity contribution in [2.45, 2.75) is 38.3 Å². The highest BCUT2D eigenvalue weighted by Gasteiger charge is 2.32. The van der Waals surface area contributed by atoms with Crippen molar-refractivity contribution in [1.29, 1.82) is 0 Å². The predicted molar refractivity (Wildman–Crippen MR) is 111 cm³/mol. The minimum atomic E-state index is -4.50. The van der Waals surface area contributed by atoms with Gasteiger partial charge in [0.1, 0.15) is 0 Å². The normalized spacial score (nSPS) is 17.0. The Bertz CT molecular complexity index is 947. The largest absolute Gasteiger partial charge is 0.416 e. The Kier molecular flexibility index (Phi) is 5.73. The first-order chi connectivity index (χ1) is 14.3. The van der Waals surface area contributed by atoms with Crippen LogP contribution >= 0.6 is 11.3 Å². The van der Waals surface area contributed by atoms with Crippen molar-refractivity contribution in [2.24, 2.45) is 5.92 Å². The highest BCUT2D eigenvalue weighted by atomic mass is 32.1. The molecule has 1 aliphatic heterocycles. The van der Waals surface area contributed by atoms with Crippen LogP contribution in [-0.4, -0.2) is 24.9 Å². The maximum absolute atomic E-state index is 13.2. The first kappa shape index (κ1) is 20.7. The number of hydrogen-bond acceptors (Lipinski definition) is 4. The van der Waals surface area contributed by atoms with Gasteiger partial charge in [0, 0.05) is 19.0 Å². The standard InChI is InChI=1S/C21H22F3N3O2S/c22-21(23,24)14-6-7-16(27-10-2-1-3-11-27)15(12-14)25-20(29)17-8-9-18(30-17)26-19(28)13-4-5-13/h6-9,12-13H,1-5,10-11H2,(H,25,29)(H,26,28). The van der Waals surface area contributed by atoms with Gasteiger partial charge in [-0.3, -0.25) is 9.59 Å². The van der Waals surface area contributed by atoms with Crippen LogP contribution in [0.2, 0.25) is 0 Å². The van der Waals surface area contributed by atoms with Crippen LogP contribution in [-0.2, 0) is 11.0 Å². The number of rotatable bonds is 5.